The lowest BCUT2D eigenvalue weighted by molar-refractivity contribution is -0.151. The first-order chi connectivity index (χ1) is 10.6. The number of carbonyl (C=O) groups is 1. The van der Waals surface area contributed by atoms with Gasteiger partial charge in [0.25, 0.3) is 5.91 Å². The summed E-state index contributed by atoms with van der Waals surface area (Å²) in [5.41, 5.74) is 1.49. The Morgan fingerprint density at radius 2 is 1.91 bits per heavy atom. The highest BCUT2D eigenvalue weighted by Crippen LogP contribution is 2.28. The van der Waals surface area contributed by atoms with E-state index in [1.54, 1.807) is 12.0 Å². The van der Waals surface area contributed by atoms with Crippen LogP contribution in [0.2, 0.25) is 0 Å². The van der Waals surface area contributed by atoms with Crippen LogP contribution in [0, 0.1) is 0 Å². The molecule has 0 bridgehead atoms. The average Bonchev–Trinajstić information content (AvgIpc) is 2.59. The third kappa shape index (κ3) is 3.68. The number of carbonyl (C=O) groups excluding carboxylic acids is 1. The van der Waals surface area contributed by atoms with Gasteiger partial charge in [-0.05, 0) is 30.5 Å². The molecule has 0 spiro atoms. The first-order valence-corrected chi connectivity index (χ1v) is 8.13. The van der Waals surface area contributed by atoms with Crippen molar-refractivity contribution < 1.29 is 14.3 Å². The minimum Gasteiger partial charge on any atom is -0.381 e. The predicted molar refractivity (Wildman–Crippen MR) is 88.3 cm³/mol. The largest absolute Gasteiger partial charge is 0.381 e. The number of likely N-dealkylation sites (N-methyl/N-ethyl adjacent to an activating group) is 1. The second-order valence-electron chi connectivity index (χ2n) is 5.94. The predicted octanol–water partition coefficient (Wildman–Crippen LogP) is 3.19. The van der Waals surface area contributed by atoms with Crippen LogP contribution in [-0.2, 0) is 20.7 Å². The van der Waals surface area contributed by atoms with E-state index in [1.165, 1.54) is 18.4 Å². The quantitative estimate of drug-likeness (QED) is 0.810. The zero-order valence-corrected chi connectivity index (χ0v) is 13.9. The second-order valence-corrected chi connectivity index (χ2v) is 5.94. The lowest BCUT2D eigenvalue weighted by Gasteiger charge is -2.37. The Kier molecular flexibility index (Phi) is 5.98. The molecule has 0 aliphatic carbocycles. The van der Waals surface area contributed by atoms with Crippen molar-refractivity contribution in [2.75, 3.05) is 32.3 Å². The molecule has 0 radical (unpaired) electrons. The molecule has 2 rings (SSSR count). The Morgan fingerprint density at radius 1 is 1.27 bits per heavy atom. The molecule has 0 aromatic heterocycles. The Bertz CT molecular complexity index is 478. The van der Waals surface area contributed by atoms with Crippen LogP contribution >= 0.6 is 0 Å². The van der Waals surface area contributed by atoms with Gasteiger partial charge in [-0.1, -0.05) is 25.5 Å². The number of amides is 1. The molecule has 1 saturated heterocycles. The molecule has 1 aromatic carbocycles. The lowest BCUT2D eigenvalue weighted by Crippen LogP contribution is -2.52. The number of hydrogen-bond donors (Lipinski definition) is 0. The van der Waals surface area contributed by atoms with Crippen LogP contribution in [0.4, 0.5) is 5.69 Å². The van der Waals surface area contributed by atoms with Gasteiger partial charge in [-0.25, -0.2) is 0 Å². The Hall–Kier alpha value is -1.39. The van der Waals surface area contributed by atoms with Crippen LogP contribution < -0.4 is 4.90 Å². The van der Waals surface area contributed by atoms with E-state index in [4.69, 9.17) is 9.47 Å². The molecular formula is C18H27NO3. The van der Waals surface area contributed by atoms with E-state index < -0.39 is 5.60 Å². The summed E-state index contributed by atoms with van der Waals surface area (Å²) in [6.07, 6.45) is 4.70. The summed E-state index contributed by atoms with van der Waals surface area (Å²) < 4.78 is 11.0. The van der Waals surface area contributed by atoms with Crippen molar-refractivity contribution in [3.8, 4) is 0 Å². The van der Waals surface area contributed by atoms with Gasteiger partial charge in [0, 0.05) is 45.9 Å². The van der Waals surface area contributed by atoms with Crippen molar-refractivity contribution in [2.45, 2.75) is 44.6 Å². The molecule has 22 heavy (non-hydrogen) atoms. The third-order valence-corrected chi connectivity index (χ3v) is 4.53. The summed E-state index contributed by atoms with van der Waals surface area (Å²) in [4.78, 5) is 14.6. The maximum absolute atomic E-state index is 12.9. The number of nitrogens with zero attached hydrogens (tertiary/aromatic N) is 1. The standard InChI is InChI=1S/C18H27NO3/c1-4-5-6-15-7-9-16(10-8-15)19(2)17(20)18(21-3)11-13-22-14-12-18/h7-10H,4-6,11-14H2,1-3H3. The SMILES string of the molecule is CCCCc1ccc(N(C)C(=O)C2(OC)CCOCC2)cc1. The van der Waals surface area contributed by atoms with Crippen LogP contribution in [0.5, 0.6) is 0 Å². The van der Waals surface area contributed by atoms with E-state index in [0.717, 1.165) is 12.1 Å². The Morgan fingerprint density at radius 3 is 2.45 bits per heavy atom. The minimum absolute atomic E-state index is 0.0135. The molecule has 1 aromatic rings. The van der Waals surface area contributed by atoms with Gasteiger partial charge < -0.3 is 14.4 Å². The van der Waals surface area contributed by atoms with Crippen molar-refractivity contribution in [1.82, 2.24) is 0 Å². The van der Waals surface area contributed by atoms with Crippen LogP contribution in [0.25, 0.3) is 0 Å². The maximum Gasteiger partial charge on any atom is 0.259 e. The van der Waals surface area contributed by atoms with Crippen molar-refractivity contribution in [3.63, 3.8) is 0 Å². The molecule has 0 N–H and O–H groups in total. The topological polar surface area (TPSA) is 38.8 Å². The molecule has 4 nitrogen and oxygen atoms in total. The molecule has 122 valence electrons. The maximum atomic E-state index is 12.9. The van der Waals surface area contributed by atoms with E-state index in [9.17, 15) is 4.79 Å². The van der Waals surface area contributed by atoms with Crippen molar-refractivity contribution in [3.05, 3.63) is 29.8 Å². The fourth-order valence-electron chi connectivity index (χ4n) is 2.90. The van der Waals surface area contributed by atoms with E-state index >= 15 is 0 Å². The van der Waals surface area contributed by atoms with Crippen molar-refractivity contribution >= 4 is 11.6 Å². The number of ether oxygens (including phenoxy) is 2. The van der Waals surface area contributed by atoms with Crippen LogP contribution in [0.15, 0.2) is 24.3 Å². The van der Waals surface area contributed by atoms with E-state index in [2.05, 4.69) is 19.1 Å². The average molecular weight is 305 g/mol. The van der Waals surface area contributed by atoms with Gasteiger partial charge in [0.2, 0.25) is 0 Å². The molecule has 1 aliphatic rings. The highest BCUT2D eigenvalue weighted by Gasteiger charge is 2.42. The van der Waals surface area contributed by atoms with E-state index in [1.807, 2.05) is 19.2 Å². The summed E-state index contributed by atoms with van der Waals surface area (Å²) in [7, 11) is 3.44. The van der Waals surface area contributed by atoms with Crippen LogP contribution in [0.1, 0.15) is 38.2 Å². The van der Waals surface area contributed by atoms with Gasteiger partial charge in [-0.15, -0.1) is 0 Å². The molecule has 4 heteroatoms. The van der Waals surface area contributed by atoms with Crippen LogP contribution in [0.3, 0.4) is 0 Å². The van der Waals surface area contributed by atoms with E-state index in [0.29, 0.717) is 26.1 Å². The number of hydrogen-bond acceptors (Lipinski definition) is 3. The van der Waals surface area contributed by atoms with Crippen molar-refractivity contribution in [2.24, 2.45) is 0 Å². The van der Waals surface area contributed by atoms with Crippen molar-refractivity contribution in [1.29, 1.82) is 0 Å². The summed E-state index contributed by atoms with van der Waals surface area (Å²) in [5.74, 6) is 0.0135. The third-order valence-electron chi connectivity index (χ3n) is 4.53. The van der Waals surface area contributed by atoms with Gasteiger partial charge in [0.05, 0.1) is 0 Å². The Labute approximate surface area is 133 Å². The number of aryl methyl sites for hydroxylation is 1. The summed E-state index contributed by atoms with van der Waals surface area (Å²) in [6.45, 7) is 3.34. The highest BCUT2D eigenvalue weighted by molar-refractivity contribution is 5.99. The molecule has 0 unspecified atom stereocenters. The zero-order chi connectivity index (χ0) is 16.0. The molecule has 1 heterocycles. The number of methoxy groups -OCH3 is 1. The van der Waals surface area contributed by atoms with E-state index in [-0.39, 0.29) is 5.91 Å². The minimum atomic E-state index is -0.742. The molecule has 1 amide bonds. The first-order valence-electron chi connectivity index (χ1n) is 8.13. The normalized spacial score (nSPS) is 17.2. The number of benzene rings is 1. The fraction of sp³-hybridized carbons (Fsp3) is 0.611. The lowest BCUT2D eigenvalue weighted by atomic mass is 9.92. The number of anilines is 1. The summed E-state index contributed by atoms with van der Waals surface area (Å²) in [5, 5.41) is 0. The smallest absolute Gasteiger partial charge is 0.259 e. The molecule has 1 aliphatic heterocycles. The fourth-order valence-corrected chi connectivity index (χ4v) is 2.90. The molecular weight excluding hydrogens is 278 g/mol. The Balaban J connectivity index is 2.09. The second kappa shape index (κ2) is 7.75. The molecule has 0 saturated carbocycles. The summed E-state index contributed by atoms with van der Waals surface area (Å²) >= 11 is 0. The first kappa shape index (κ1) is 17.0. The zero-order valence-electron chi connectivity index (χ0n) is 13.9. The van der Waals surface area contributed by atoms with Gasteiger partial charge in [-0.2, -0.15) is 0 Å². The van der Waals surface area contributed by atoms with Gasteiger partial charge in [0.1, 0.15) is 0 Å². The van der Waals surface area contributed by atoms with Gasteiger partial charge in [0.15, 0.2) is 5.60 Å². The number of rotatable bonds is 6. The van der Waals surface area contributed by atoms with Gasteiger partial charge >= 0.3 is 0 Å². The molecule has 1 fully saturated rings. The molecule has 0 atom stereocenters. The van der Waals surface area contributed by atoms with Crippen LogP contribution in [-0.4, -0.2) is 38.9 Å². The van der Waals surface area contributed by atoms with Gasteiger partial charge in [-0.3, -0.25) is 4.79 Å². The summed E-state index contributed by atoms with van der Waals surface area (Å²) in [6, 6.07) is 8.26. The monoisotopic (exact) mass is 305 g/mol. The highest BCUT2D eigenvalue weighted by atomic mass is 16.5. The number of unbranched alkanes of at least 4 members (excludes halogenated alkanes) is 1.